The molecule has 0 aliphatic carbocycles. The van der Waals surface area contributed by atoms with Gasteiger partial charge in [-0.05, 0) is 18.2 Å². The van der Waals surface area contributed by atoms with Gasteiger partial charge in [-0.3, -0.25) is 0 Å². The Morgan fingerprint density at radius 3 is 2.82 bits per heavy atom. The lowest BCUT2D eigenvalue weighted by atomic mass is 10.2. The molecule has 17 heavy (non-hydrogen) atoms. The Bertz CT molecular complexity index is 537. The fourth-order valence-corrected chi connectivity index (χ4v) is 1.70. The number of halogens is 1. The molecule has 0 aliphatic heterocycles. The SMILES string of the molecule is COc1ccc(F)cc1-c1ncc(CO)n1C. The van der Waals surface area contributed by atoms with E-state index in [2.05, 4.69) is 4.98 Å². The Kier molecular flexibility index (Phi) is 3.10. The summed E-state index contributed by atoms with van der Waals surface area (Å²) in [5.74, 6) is 0.754. The van der Waals surface area contributed by atoms with Crippen LogP contribution < -0.4 is 4.74 Å². The second-order valence-electron chi connectivity index (χ2n) is 3.63. The van der Waals surface area contributed by atoms with Gasteiger partial charge in [0.15, 0.2) is 0 Å². The summed E-state index contributed by atoms with van der Waals surface area (Å²) in [4.78, 5) is 4.16. The summed E-state index contributed by atoms with van der Waals surface area (Å²) >= 11 is 0. The standard InChI is InChI=1S/C12H13FN2O2/c1-15-9(7-16)6-14-12(15)10-5-8(13)3-4-11(10)17-2/h3-6,16H,7H2,1-2H3. The van der Waals surface area contributed by atoms with Crippen molar-refractivity contribution in [1.82, 2.24) is 9.55 Å². The van der Waals surface area contributed by atoms with Gasteiger partial charge in [0, 0.05) is 7.05 Å². The molecule has 0 saturated carbocycles. The highest BCUT2D eigenvalue weighted by Crippen LogP contribution is 2.29. The van der Waals surface area contributed by atoms with Crippen LogP contribution in [0.4, 0.5) is 4.39 Å². The third-order valence-electron chi connectivity index (χ3n) is 2.65. The summed E-state index contributed by atoms with van der Waals surface area (Å²) in [6.07, 6.45) is 1.56. The summed E-state index contributed by atoms with van der Waals surface area (Å²) in [6, 6.07) is 4.25. The van der Waals surface area contributed by atoms with Crippen LogP contribution in [0.1, 0.15) is 5.69 Å². The maximum atomic E-state index is 13.2. The molecule has 4 nitrogen and oxygen atoms in total. The van der Waals surface area contributed by atoms with Gasteiger partial charge in [-0.2, -0.15) is 0 Å². The molecule has 1 heterocycles. The van der Waals surface area contributed by atoms with E-state index in [1.54, 1.807) is 23.9 Å². The zero-order chi connectivity index (χ0) is 12.4. The van der Waals surface area contributed by atoms with Crippen LogP contribution in [0.2, 0.25) is 0 Å². The predicted molar refractivity (Wildman–Crippen MR) is 61.1 cm³/mol. The Hall–Kier alpha value is -1.88. The van der Waals surface area contributed by atoms with Gasteiger partial charge in [-0.15, -0.1) is 0 Å². The van der Waals surface area contributed by atoms with Gasteiger partial charge in [0.2, 0.25) is 0 Å². The lowest BCUT2D eigenvalue weighted by Gasteiger charge is -2.09. The quantitative estimate of drug-likeness (QED) is 0.882. The number of aromatic nitrogens is 2. The Morgan fingerprint density at radius 2 is 2.24 bits per heavy atom. The molecule has 0 unspecified atom stereocenters. The van der Waals surface area contributed by atoms with E-state index in [1.807, 2.05) is 0 Å². The smallest absolute Gasteiger partial charge is 0.143 e. The van der Waals surface area contributed by atoms with E-state index >= 15 is 0 Å². The fourth-order valence-electron chi connectivity index (χ4n) is 1.70. The van der Waals surface area contributed by atoms with Crippen molar-refractivity contribution in [2.75, 3.05) is 7.11 Å². The highest BCUT2D eigenvalue weighted by Gasteiger charge is 2.13. The summed E-state index contributed by atoms with van der Waals surface area (Å²) in [7, 11) is 3.28. The van der Waals surface area contributed by atoms with Crippen molar-refractivity contribution in [2.24, 2.45) is 7.05 Å². The molecular weight excluding hydrogens is 223 g/mol. The largest absolute Gasteiger partial charge is 0.496 e. The van der Waals surface area contributed by atoms with E-state index in [0.717, 1.165) is 0 Å². The van der Waals surface area contributed by atoms with Crippen LogP contribution in [-0.2, 0) is 13.7 Å². The van der Waals surface area contributed by atoms with Crippen LogP contribution in [0, 0.1) is 5.82 Å². The number of rotatable bonds is 3. The third kappa shape index (κ3) is 2.01. The minimum Gasteiger partial charge on any atom is -0.496 e. The summed E-state index contributed by atoms with van der Waals surface area (Å²) in [5.41, 5.74) is 1.22. The lowest BCUT2D eigenvalue weighted by molar-refractivity contribution is 0.273. The van der Waals surface area contributed by atoms with Crippen molar-refractivity contribution in [2.45, 2.75) is 6.61 Å². The molecule has 0 bridgehead atoms. The number of nitrogens with zero attached hydrogens (tertiary/aromatic N) is 2. The lowest BCUT2D eigenvalue weighted by Crippen LogP contribution is -2.00. The molecule has 2 aromatic rings. The van der Waals surface area contributed by atoms with Crippen molar-refractivity contribution in [3.8, 4) is 17.1 Å². The Labute approximate surface area is 98.3 Å². The average Bonchev–Trinajstić information content (AvgIpc) is 2.70. The first-order valence-corrected chi connectivity index (χ1v) is 5.12. The predicted octanol–water partition coefficient (Wildman–Crippen LogP) is 1.73. The number of hydrogen-bond donors (Lipinski definition) is 1. The monoisotopic (exact) mass is 236 g/mol. The van der Waals surface area contributed by atoms with E-state index in [-0.39, 0.29) is 12.4 Å². The van der Waals surface area contributed by atoms with Gasteiger partial charge >= 0.3 is 0 Å². The number of hydrogen-bond acceptors (Lipinski definition) is 3. The molecule has 1 aromatic carbocycles. The van der Waals surface area contributed by atoms with E-state index in [1.165, 1.54) is 19.2 Å². The molecule has 0 aliphatic rings. The van der Waals surface area contributed by atoms with E-state index in [0.29, 0.717) is 22.8 Å². The maximum absolute atomic E-state index is 13.2. The molecule has 2 rings (SSSR count). The zero-order valence-electron chi connectivity index (χ0n) is 9.64. The Morgan fingerprint density at radius 1 is 1.47 bits per heavy atom. The van der Waals surface area contributed by atoms with Gasteiger partial charge in [0.1, 0.15) is 17.4 Å². The zero-order valence-corrected chi connectivity index (χ0v) is 9.64. The number of aliphatic hydroxyl groups is 1. The van der Waals surface area contributed by atoms with Gasteiger partial charge in [0.05, 0.1) is 31.2 Å². The van der Waals surface area contributed by atoms with Crippen LogP contribution in [0.15, 0.2) is 24.4 Å². The van der Waals surface area contributed by atoms with Crippen LogP contribution >= 0.6 is 0 Å². The summed E-state index contributed by atoms with van der Waals surface area (Å²) in [6.45, 7) is -0.110. The summed E-state index contributed by atoms with van der Waals surface area (Å²) < 4.78 is 20.1. The van der Waals surface area contributed by atoms with Crippen molar-refractivity contribution < 1.29 is 14.2 Å². The molecule has 90 valence electrons. The highest BCUT2D eigenvalue weighted by molar-refractivity contribution is 5.65. The van der Waals surface area contributed by atoms with Gasteiger partial charge in [0.25, 0.3) is 0 Å². The molecule has 0 amide bonds. The van der Waals surface area contributed by atoms with E-state index in [9.17, 15) is 4.39 Å². The average molecular weight is 236 g/mol. The molecule has 0 radical (unpaired) electrons. The minimum absolute atomic E-state index is 0.110. The fraction of sp³-hybridized carbons (Fsp3) is 0.250. The van der Waals surface area contributed by atoms with Crippen molar-refractivity contribution in [3.63, 3.8) is 0 Å². The molecule has 0 spiro atoms. The van der Waals surface area contributed by atoms with Crippen molar-refractivity contribution in [1.29, 1.82) is 0 Å². The van der Waals surface area contributed by atoms with Gasteiger partial charge < -0.3 is 14.4 Å². The number of aliphatic hydroxyl groups excluding tert-OH is 1. The molecule has 0 fully saturated rings. The van der Waals surface area contributed by atoms with Crippen LogP contribution in [-0.4, -0.2) is 21.8 Å². The second-order valence-corrected chi connectivity index (χ2v) is 3.63. The Balaban J connectivity index is 2.58. The molecule has 1 aromatic heterocycles. The first-order valence-electron chi connectivity index (χ1n) is 5.12. The molecule has 0 atom stereocenters. The maximum Gasteiger partial charge on any atom is 0.143 e. The van der Waals surface area contributed by atoms with E-state index in [4.69, 9.17) is 9.84 Å². The minimum atomic E-state index is -0.352. The van der Waals surface area contributed by atoms with Crippen LogP contribution in [0.25, 0.3) is 11.4 Å². The normalized spacial score (nSPS) is 10.6. The third-order valence-corrected chi connectivity index (χ3v) is 2.65. The summed E-state index contributed by atoms with van der Waals surface area (Å²) in [5, 5.41) is 9.09. The van der Waals surface area contributed by atoms with Gasteiger partial charge in [-0.1, -0.05) is 0 Å². The topological polar surface area (TPSA) is 47.3 Å². The second kappa shape index (κ2) is 4.55. The van der Waals surface area contributed by atoms with Crippen LogP contribution in [0.5, 0.6) is 5.75 Å². The number of methoxy groups -OCH3 is 1. The highest BCUT2D eigenvalue weighted by atomic mass is 19.1. The number of benzene rings is 1. The molecule has 1 N–H and O–H groups in total. The number of ether oxygens (including phenoxy) is 1. The first kappa shape index (κ1) is 11.6. The molecular formula is C12H13FN2O2. The van der Waals surface area contributed by atoms with E-state index < -0.39 is 0 Å². The molecule has 5 heteroatoms. The van der Waals surface area contributed by atoms with Crippen molar-refractivity contribution >= 4 is 0 Å². The van der Waals surface area contributed by atoms with Gasteiger partial charge in [-0.25, -0.2) is 9.37 Å². The molecule has 0 saturated heterocycles. The number of imidazole rings is 1. The van der Waals surface area contributed by atoms with Crippen molar-refractivity contribution in [3.05, 3.63) is 35.9 Å². The first-order chi connectivity index (χ1) is 8.17. The van der Waals surface area contributed by atoms with Crippen LogP contribution in [0.3, 0.4) is 0 Å².